The maximum atomic E-state index is 9.10. The third-order valence-electron chi connectivity index (χ3n) is 2.39. The van der Waals surface area contributed by atoms with Crippen molar-refractivity contribution in [3.8, 4) is 17.2 Å². The lowest BCUT2D eigenvalue weighted by Gasteiger charge is -2.07. The molecule has 0 radical (unpaired) electrons. The van der Waals surface area contributed by atoms with E-state index in [1.54, 1.807) is 6.07 Å². The van der Waals surface area contributed by atoms with Crippen LogP contribution in [-0.4, -0.2) is 0 Å². The average Bonchev–Trinajstić information content (AvgIpc) is 2.33. The molecule has 0 heterocycles. The Morgan fingerprint density at radius 1 is 1.06 bits per heavy atom. The van der Waals surface area contributed by atoms with Crippen molar-refractivity contribution in [3.63, 3.8) is 0 Å². The van der Waals surface area contributed by atoms with Crippen molar-refractivity contribution < 1.29 is 0 Å². The predicted molar refractivity (Wildman–Crippen MR) is 66.0 cm³/mol. The summed E-state index contributed by atoms with van der Waals surface area (Å²) in [5.41, 5.74) is 8.32. The van der Waals surface area contributed by atoms with E-state index in [1.807, 2.05) is 36.4 Å². The summed E-state index contributed by atoms with van der Waals surface area (Å²) in [5.74, 6) is 0. The monoisotopic (exact) mass is 228 g/mol. The first-order valence-corrected chi connectivity index (χ1v) is 5.15. The predicted octanol–water partition coefficient (Wildman–Crippen LogP) is 3.46. The molecule has 0 aromatic heterocycles. The zero-order chi connectivity index (χ0) is 11.5. The Balaban J connectivity index is 2.68. The molecule has 0 amide bonds. The van der Waals surface area contributed by atoms with Crippen LogP contribution in [0.4, 0.5) is 5.69 Å². The van der Waals surface area contributed by atoms with Gasteiger partial charge in [0.2, 0.25) is 0 Å². The average molecular weight is 229 g/mol. The number of nitrogens with zero attached hydrogens (tertiary/aromatic N) is 1. The zero-order valence-corrected chi connectivity index (χ0v) is 9.20. The Morgan fingerprint density at radius 2 is 1.75 bits per heavy atom. The van der Waals surface area contributed by atoms with Gasteiger partial charge in [-0.2, -0.15) is 5.26 Å². The smallest absolute Gasteiger partial charge is 0.102 e. The maximum absolute atomic E-state index is 9.10. The van der Waals surface area contributed by atoms with E-state index in [-0.39, 0.29) is 0 Å². The summed E-state index contributed by atoms with van der Waals surface area (Å²) in [6.07, 6.45) is 0. The molecule has 78 valence electrons. The second-order valence-electron chi connectivity index (χ2n) is 3.36. The normalized spacial score (nSPS) is 9.75. The van der Waals surface area contributed by atoms with E-state index in [0.717, 1.165) is 11.1 Å². The van der Waals surface area contributed by atoms with Crippen molar-refractivity contribution in [3.05, 3.63) is 53.1 Å². The highest BCUT2D eigenvalue weighted by atomic mass is 35.5. The Kier molecular flexibility index (Phi) is 2.80. The first kappa shape index (κ1) is 10.5. The van der Waals surface area contributed by atoms with Gasteiger partial charge in [0.05, 0.1) is 16.3 Å². The molecule has 16 heavy (non-hydrogen) atoms. The standard InChI is InChI=1S/C13H9ClN2/c14-12-7-6-10(11(8-15)13(12)16)9-4-2-1-3-5-9/h1-7H,16H2. The molecule has 0 bridgehead atoms. The van der Waals surface area contributed by atoms with Crippen LogP contribution in [0, 0.1) is 11.3 Å². The van der Waals surface area contributed by atoms with Crippen LogP contribution >= 0.6 is 11.6 Å². The van der Waals surface area contributed by atoms with E-state index in [0.29, 0.717) is 16.3 Å². The summed E-state index contributed by atoms with van der Waals surface area (Å²) in [4.78, 5) is 0. The molecule has 2 aromatic rings. The Labute approximate surface area is 98.9 Å². The summed E-state index contributed by atoms with van der Waals surface area (Å²) in [7, 11) is 0. The fraction of sp³-hybridized carbons (Fsp3) is 0. The van der Waals surface area contributed by atoms with Gasteiger partial charge in [-0.15, -0.1) is 0 Å². The number of nitrogen functional groups attached to an aromatic ring is 1. The molecule has 0 saturated carbocycles. The van der Waals surface area contributed by atoms with E-state index in [9.17, 15) is 0 Å². The van der Waals surface area contributed by atoms with Gasteiger partial charge in [0.25, 0.3) is 0 Å². The fourth-order valence-electron chi connectivity index (χ4n) is 1.57. The Hall–Kier alpha value is -1.98. The molecule has 2 rings (SSSR count). The van der Waals surface area contributed by atoms with Gasteiger partial charge in [-0.05, 0) is 11.6 Å². The number of anilines is 1. The van der Waals surface area contributed by atoms with Crippen LogP contribution in [0.3, 0.4) is 0 Å². The van der Waals surface area contributed by atoms with Crippen molar-refractivity contribution in [1.82, 2.24) is 0 Å². The number of nitrogens with two attached hydrogens (primary N) is 1. The highest BCUT2D eigenvalue weighted by Crippen LogP contribution is 2.31. The molecular weight excluding hydrogens is 220 g/mol. The second kappa shape index (κ2) is 4.26. The van der Waals surface area contributed by atoms with Crippen LogP contribution in [0.25, 0.3) is 11.1 Å². The summed E-state index contributed by atoms with van der Waals surface area (Å²) in [5, 5.41) is 9.51. The molecular formula is C13H9ClN2. The van der Waals surface area contributed by atoms with Crippen LogP contribution in [0.2, 0.25) is 5.02 Å². The number of hydrogen-bond donors (Lipinski definition) is 1. The zero-order valence-electron chi connectivity index (χ0n) is 8.44. The second-order valence-corrected chi connectivity index (χ2v) is 3.77. The first-order valence-electron chi connectivity index (χ1n) is 4.77. The lowest BCUT2D eigenvalue weighted by atomic mass is 9.99. The van der Waals surface area contributed by atoms with Gasteiger partial charge in [-0.3, -0.25) is 0 Å². The molecule has 0 saturated heterocycles. The molecule has 0 aliphatic rings. The molecule has 0 aliphatic heterocycles. The summed E-state index contributed by atoms with van der Waals surface area (Å²) in [6, 6.07) is 15.2. The molecule has 0 spiro atoms. The summed E-state index contributed by atoms with van der Waals surface area (Å²) >= 11 is 5.88. The SMILES string of the molecule is N#Cc1c(-c2ccccc2)ccc(Cl)c1N. The quantitative estimate of drug-likeness (QED) is 0.760. The topological polar surface area (TPSA) is 49.8 Å². The number of rotatable bonds is 1. The third-order valence-corrected chi connectivity index (χ3v) is 2.72. The van der Waals surface area contributed by atoms with E-state index >= 15 is 0 Å². The van der Waals surface area contributed by atoms with Gasteiger partial charge in [0.1, 0.15) is 6.07 Å². The lowest BCUT2D eigenvalue weighted by Crippen LogP contribution is -1.94. The van der Waals surface area contributed by atoms with Crippen LogP contribution < -0.4 is 5.73 Å². The van der Waals surface area contributed by atoms with Gasteiger partial charge in [-0.25, -0.2) is 0 Å². The maximum Gasteiger partial charge on any atom is 0.102 e. The fourth-order valence-corrected chi connectivity index (χ4v) is 1.73. The van der Waals surface area contributed by atoms with Crippen molar-refractivity contribution in [1.29, 1.82) is 5.26 Å². The molecule has 0 aliphatic carbocycles. The van der Waals surface area contributed by atoms with Crippen molar-refractivity contribution >= 4 is 17.3 Å². The minimum Gasteiger partial charge on any atom is -0.396 e. The van der Waals surface area contributed by atoms with Crippen molar-refractivity contribution in [2.24, 2.45) is 0 Å². The van der Waals surface area contributed by atoms with Crippen LogP contribution in [-0.2, 0) is 0 Å². The first-order chi connectivity index (χ1) is 7.74. The molecule has 0 fully saturated rings. The van der Waals surface area contributed by atoms with E-state index < -0.39 is 0 Å². The number of benzene rings is 2. The van der Waals surface area contributed by atoms with Crippen LogP contribution in [0.1, 0.15) is 5.56 Å². The molecule has 2 N–H and O–H groups in total. The minimum atomic E-state index is 0.338. The highest BCUT2D eigenvalue weighted by molar-refractivity contribution is 6.33. The largest absolute Gasteiger partial charge is 0.396 e. The summed E-state index contributed by atoms with van der Waals surface area (Å²) in [6.45, 7) is 0. The van der Waals surface area contributed by atoms with Crippen LogP contribution in [0.15, 0.2) is 42.5 Å². The van der Waals surface area contributed by atoms with Gasteiger partial charge in [-0.1, -0.05) is 48.0 Å². The van der Waals surface area contributed by atoms with Gasteiger partial charge >= 0.3 is 0 Å². The number of hydrogen-bond acceptors (Lipinski definition) is 2. The van der Waals surface area contributed by atoms with E-state index in [4.69, 9.17) is 22.6 Å². The number of nitriles is 1. The molecule has 2 nitrogen and oxygen atoms in total. The van der Waals surface area contributed by atoms with Crippen LogP contribution in [0.5, 0.6) is 0 Å². The lowest BCUT2D eigenvalue weighted by molar-refractivity contribution is 1.48. The molecule has 3 heteroatoms. The van der Waals surface area contributed by atoms with E-state index in [1.165, 1.54) is 0 Å². The molecule has 2 aromatic carbocycles. The van der Waals surface area contributed by atoms with Crippen molar-refractivity contribution in [2.45, 2.75) is 0 Å². The third kappa shape index (κ3) is 1.73. The highest BCUT2D eigenvalue weighted by Gasteiger charge is 2.10. The molecule has 0 atom stereocenters. The summed E-state index contributed by atoms with van der Waals surface area (Å²) < 4.78 is 0. The van der Waals surface area contributed by atoms with Gasteiger partial charge in [0.15, 0.2) is 0 Å². The Morgan fingerprint density at radius 3 is 2.38 bits per heavy atom. The van der Waals surface area contributed by atoms with Gasteiger partial charge < -0.3 is 5.73 Å². The molecule has 0 unspecified atom stereocenters. The van der Waals surface area contributed by atoms with E-state index in [2.05, 4.69) is 6.07 Å². The van der Waals surface area contributed by atoms with Gasteiger partial charge in [0, 0.05) is 5.56 Å². The number of halogens is 1. The minimum absolute atomic E-state index is 0.338. The Bertz CT molecular complexity index is 556. The van der Waals surface area contributed by atoms with Crippen molar-refractivity contribution in [2.75, 3.05) is 5.73 Å².